The molecule has 2 aromatic heterocycles. The van der Waals surface area contributed by atoms with Crippen LogP contribution in [0.2, 0.25) is 0 Å². The van der Waals surface area contributed by atoms with E-state index in [4.69, 9.17) is 4.74 Å². The van der Waals surface area contributed by atoms with Crippen LogP contribution in [0.5, 0.6) is 5.88 Å². The summed E-state index contributed by atoms with van der Waals surface area (Å²) in [7, 11) is 1.36. The van der Waals surface area contributed by atoms with E-state index in [0.29, 0.717) is 17.8 Å². The SMILES string of the molecule is CCN(CC)C(=O)c1cnn(-c2ccc(OC)nn2)c1C(F)(F)F. The molecule has 2 aromatic rings. The molecule has 0 aliphatic rings. The zero-order valence-corrected chi connectivity index (χ0v) is 13.3. The van der Waals surface area contributed by atoms with Gasteiger partial charge in [0.2, 0.25) is 5.88 Å². The van der Waals surface area contributed by atoms with Gasteiger partial charge in [0.15, 0.2) is 11.5 Å². The molecule has 0 radical (unpaired) electrons. The summed E-state index contributed by atoms with van der Waals surface area (Å²) in [6.07, 6.45) is -3.88. The van der Waals surface area contributed by atoms with E-state index in [1.165, 1.54) is 24.1 Å². The lowest BCUT2D eigenvalue weighted by molar-refractivity contribution is -0.143. The molecule has 0 unspecified atom stereocenters. The molecule has 2 heterocycles. The molecule has 130 valence electrons. The van der Waals surface area contributed by atoms with Crippen LogP contribution < -0.4 is 4.74 Å². The first kappa shape index (κ1) is 17.7. The second-order valence-electron chi connectivity index (χ2n) is 4.73. The number of ether oxygens (including phenoxy) is 1. The van der Waals surface area contributed by atoms with Crippen LogP contribution >= 0.6 is 0 Å². The van der Waals surface area contributed by atoms with Crippen molar-refractivity contribution >= 4 is 5.91 Å². The van der Waals surface area contributed by atoms with Gasteiger partial charge in [-0.05, 0) is 19.9 Å². The molecule has 7 nitrogen and oxygen atoms in total. The summed E-state index contributed by atoms with van der Waals surface area (Å²) in [6.45, 7) is 3.96. The van der Waals surface area contributed by atoms with Crippen molar-refractivity contribution in [3.05, 3.63) is 29.6 Å². The van der Waals surface area contributed by atoms with Gasteiger partial charge in [0.1, 0.15) is 0 Å². The molecule has 24 heavy (non-hydrogen) atoms. The lowest BCUT2D eigenvalue weighted by Crippen LogP contribution is -2.32. The van der Waals surface area contributed by atoms with Crippen LogP contribution in [0.3, 0.4) is 0 Å². The smallest absolute Gasteiger partial charge is 0.434 e. The Morgan fingerprint density at radius 1 is 1.25 bits per heavy atom. The highest BCUT2D eigenvalue weighted by Gasteiger charge is 2.41. The van der Waals surface area contributed by atoms with Gasteiger partial charge in [-0.2, -0.15) is 18.3 Å². The Hall–Kier alpha value is -2.65. The van der Waals surface area contributed by atoms with Crippen LogP contribution in [-0.4, -0.2) is 51.0 Å². The summed E-state index contributed by atoms with van der Waals surface area (Å²) in [5.41, 5.74) is -1.71. The number of carbonyl (C=O) groups is 1. The van der Waals surface area contributed by atoms with Gasteiger partial charge in [-0.3, -0.25) is 4.79 Å². The van der Waals surface area contributed by atoms with Gasteiger partial charge < -0.3 is 9.64 Å². The number of methoxy groups -OCH3 is 1. The monoisotopic (exact) mass is 343 g/mol. The minimum Gasteiger partial charge on any atom is -0.480 e. The lowest BCUT2D eigenvalue weighted by Gasteiger charge is -2.19. The Bertz CT molecular complexity index is 708. The van der Waals surface area contributed by atoms with Gasteiger partial charge in [0.05, 0.1) is 18.9 Å². The number of rotatable bonds is 5. The average molecular weight is 343 g/mol. The molecule has 0 aliphatic carbocycles. The summed E-state index contributed by atoms with van der Waals surface area (Å²) in [5.74, 6) is -0.749. The molecule has 0 spiro atoms. The van der Waals surface area contributed by atoms with Crippen molar-refractivity contribution in [2.75, 3.05) is 20.2 Å². The van der Waals surface area contributed by atoms with E-state index < -0.39 is 23.3 Å². The minimum atomic E-state index is -4.78. The summed E-state index contributed by atoms with van der Waals surface area (Å²) < 4.78 is 45.9. The molecular weight excluding hydrogens is 327 g/mol. The van der Waals surface area contributed by atoms with E-state index >= 15 is 0 Å². The standard InChI is InChI=1S/C14H16F3N5O2/c1-4-21(5-2)13(23)9-8-18-22(12(9)14(15,16)17)10-6-7-11(24-3)20-19-10/h6-8H,4-5H2,1-3H3. The lowest BCUT2D eigenvalue weighted by atomic mass is 10.2. The number of carbonyl (C=O) groups excluding carboxylic acids is 1. The molecule has 1 amide bonds. The predicted octanol–water partition coefficient (Wildman–Crippen LogP) is 2.17. The number of hydrogen-bond acceptors (Lipinski definition) is 5. The zero-order chi connectivity index (χ0) is 17.9. The van der Waals surface area contributed by atoms with E-state index in [-0.39, 0.29) is 11.7 Å². The third kappa shape index (κ3) is 3.31. The molecule has 2 rings (SSSR count). The Balaban J connectivity index is 2.55. The summed E-state index contributed by atoms with van der Waals surface area (Å²) in [4.78, 5) is 13.6. The quantitative estimate of drug-likeness (QED) is 0.832. The summed E-state index contributed by atoms with van der Waals surface area (Å²) >= 11 is 0. The van der Waals surface area contributed by atoms with E-state index in [9.17, 15) is 18.0 Å². The van der Waals surface area contributed by atoms with E-state index in [0.717, 1.165) is 6.20 Å². The largest absolute Gasteiger partial charge is 0.480 e. The molecule has 0 saturated carbocycles. The average Bonchev–Trinajstić information content (AvgIpc) is 3.01. The molecule has 0 fully saturated rings. The van der Waals surface area contributed by atoms with E-state index in [1.807, 2.05) is 0 Å². The number of alkyl halides is 3. The fraction of sp³-hybridized carbons (Fsp3) is 0.429. The normalized spacial score (nSPS) is 11.4. The Kier molecular flexibility index (Phi) is 5.05. The first-order valence-corrected chi connectivity index (χ1v) is 7.16. The number of amides is 1. The third-order valence-corrected chi connectivity index (χ3v) is 3.37. The highest BCUT2D eigenvalue weighted by Crippen LogP contribution is 2.33. The predicted molar refractivity (Wildman–Crippen MR) is 78.0 cm³/mol. The van der Waals surface area contributed by atoms with Crippen LogP contribution in [0, 0.1) is 0 Å². The van der Waals surface area contributed by atoms with Crippen molar-refractivity contribution in [1.29, 1.82) is 0 Å². The second kappa shape index (κ2) is 6.85. The molecule has 0 bridgehead atoms. The van der Waals surface area contributed by atoms with E-state index in [1.54, 1.807) is 13.8 Å². The maximum atomic E-state index is 13.5. The zero-order valence-electron chi connectivity index (χ0n) is 13.3. The fourth-order valence-electron chi connectivity index (χ4n) is 2.17. The third-order valence-electron chi connectivity index (χ3n) is 3.37. The van der Waals surface area contributed by atoms with Crippen LogP contribution in [-0.2, 0) is 6.18 Å². The van der Waals surface area contributed by atoms with Crippen molar-refractivity contribution in [2.45, 2.75) is 20.0 Å². The van der Waals surface area contributed by atoms with Gasteiger partial charge >= 0.3 is 6.18 Å². The van der Waals surface area contributed by atoms with Crippen molar-refractivity contribution in [3.63, 3.8) is 0 Å². The molecule has 0 aliphatic heterocycles. The van der Waals surface area contributed by atoms with Crippen LogP contribution in [0.1, 0.15) is 29.9 Å². The number of aromatic nitrogens is 4. The van der Waals surface area contributed by atoms with Crippen LogP contribution in [0.15, 0.2) is 18.3 Å². The Morgan fingerprint density at radius 3 is 2.38 bits per heavy atom. The topological polar surface area (TPSA) is 73.1 Å². The first-order chi connectivity index (χ1) is 11.3. The van der Waals surface area contributed by atoms with Gasteiger partial charge in [-0.25, -0.2) is 4.68 Å². The minimum absolute atomic E-state index is 0.152. The maximum absolute atomic E-state index is 13.5. The van der Waals surface area contributed by atoms with Gasteiger partial charge in [0, 0.05) is 19.2 Å². The van der Waals surface area contributed by atoms with Gasteiger partial charge in [0.25, 0.3) is 5.91 Å². The van der Waals surface area contributed by atoms with E-state index in [2.05, 4.69) is 15.3 Å². The maximum Gasteiger partial charge on any atom is 0.434 e. The molecule has 0 aromatic carbocycles. The van der Waals surface area contributed by atoms with Crippen LogP contribution in [0.4, 0.5) is 13.2 Å². The second-order valence-corrected chi connectivity index (χ2v) is 4.73. The highest BCUT2D eigenvalue weighted by molar-refractivity contribution is 5.95. The highest BCUT2D eigenvalue weighted by atomic mass is 19.4. The molecule has 0 atom stereocenters. The van der Waals surface area contributed by atoms with Gasteiger partial charge in [-0.15, -0.1) is 10.2 Å². The van der Waals surface area contributed by atoms with Crippen LogP contribution in [0.25, 0.3) is 5.82 Å². The number of halogens is 3. The summed E-state index contributed by atoms with van der Waals surface area (Å²) in [5, 5.41) is 11.0. The molecule has 0 N–H and O–H groups in total. The fourth-order valence-corrected chi connectivity index (χ4v) is 2.17. The molecule has 10 heteroatoms. The molecular formula is C14H16F3N5O2. The summed E-state index contributed by atoms with van der Waals surface area (Å²) in [6, 6.07) is 2.63. The Labute approximate surface area is 136 Å². The number of hydrogen-bond donors (Lipinski definition) is 0. The Morgan fingerprint density at radius 2 is 1.92 bits per heavy atom. The number of nitrogens with zero attached hydrogens (tertiary/aromatic N) is 5. The first-order valence-electron chi connectivity index (χ1n) is 7.16. The van der Waals surface area contributed by atoms with Crippen molar-refractivity contribution in [3.8, 4) is 11.7 Å². The van der Waals surface area contributed by atoms with Crippen molar-refractivity contribution in [1.82, 2.24) is 24.9 Å². The van der Waals surface area contributed by atoms with Crippen molar-refractivity contribution < 1.29 is 22.7 Å². The van der Waals surface area contributed by atoms with Crippen molar-refractivity contribution in [2.24, 2.45) is 0 Å². The molecule has 0 saturated heterocycles. The van der Waals surface area contributed by atoms with Gasteiger partial charge in [-0.1, -0.05) is 0 Å².